The molecule has 0 aromatic heterocycles. The first-order chi connectivity index (χ1) is 8.27. The van der Waals surface area contributed by atoms with Gasteiger partial charge in [0.05, 0.1) is 11.2 Å². The van der Waals surface area contributed by atoms with Gasteiger partial charge in [-0.05, 0) is 40.0 Å². The van der Waals surface area contributed by atoms with Crippen LogP contribution in [0.25, 0.3) is 0 Å². The van der Waals surface area contributed by atoms with E-state index < -0.39 is 0 Å². The smallest absolute Gasteiger partial charge is 0.403 e. The molecule has 1 aliphatic heterocycles. The molecular weight excluding hydrogens is 227 g/mol. The van der Waals surface area contributed by atoms with E-state index in [0.717, 1.165) is 6.42 Å². The van der Waals surface area contributed by atoms with Gasteiger partial charge in [-0.25, -0.2) is 0 Å². The van der Waals surface area contributed by atoms with Crippen molar-refractivity contribution in [2.24, 2.45) is 11.8 Å². The molecule has 1 aliphatic carbocycles. The summed E-state index contributed by atoms with van der Waals surface area (Å²) >= 11 is 0. The Morgan fingerprint density at radius 1 is 1.17 bits per heavy atom. The molecule has 0 aromatic rings. The number of aliphatic hydroxyl groups excluding tert-OH is 1. The SMILES string of the molecule is CC1C=CC(CO)C(B2OC(C)(C)C(C)(C)O2)C1. The highest BCUT2D eigenvalue weighted by Gasteiger charge is 2.55. The summed E-state index contributed by atoms with van der Waals surface area (Å²) in [6, 6.07) is 0. The number of hydrogen-bond donors (Lipinski definition) is 1. The van der Waals surface area contributed by atoms with Crippen LogP contribution in [0, 0.1) is 11.8 Å². The molecule has 3 nitrogen and oxygen atoms in total. The molecule has 0 radical (unpaired) electrons. The van der Waals surface area contributed by atoms with Gasteiger partial charge in [-0.1, -0.05) is 19.1 Å². The second-order valence-corrected chi connectivity index (χ2v) is 6.73. The van der Waals surface area contributed by atoms with Crippen LogP contribution in [0.4, 0.5) is 0 Å². The largest absolute Gasteiger partial charge is 0.461 e. The molecule has 0 bridgehead atoms. The summed E-state index contributed by atoms with van der Waals surface area (Å²) < 4.78 is 12.2. The molecule has 2 rings (SSSR count). The van der Waals surface area contributed by atoms with Gasteiger partial charge in [0.25, 0.3) is 0 Å². The van der Waals surface area contributed by atoms with Crippen molar-refractivity contribution in [3.05, 3.63) is 12.2 Å². The van der Waals surface area contributed by atoms with Crippen LogP contribution in [-0.2, 0) is 9.31 Å². The van der Waals surface area contributed by atoms with E-state index in [4.69, 9.17) is 9.31 Å². The Hall–Kier alpha value is -0.315. The van der Waals surface area contributed by atoms with Gasteiger partial charge in [0.15, 0.2) is 0 Å². The molecule has 0 saturated carbocycles. The minimum absolute atomic E-state index is 0.149. The first kappa shape index (κ1) is 14.1. The Kier molecular flexibility index (Phi) is 3.65. The van der Waals surface area contributed by atoms with E-state index in [2.05, 4.69) is 46.8 Å². The molecule has 1 N–H and O–H groups in total. The number of allylic oxidation sites excluding steroid dienone is 1. The van der Waals surface area contributed by atoms with Crippen molar-refractivity contribution >= 4 is 7.12 Å². The lowest BCUT2D eigenvalue weighted by molar-refractivity contribution is 0.00578. The van der Waals surface area contributed by atoms with Gasteiger partial charge in [0.1, 0.15) is 0 Å². The normalized spacial score (nSPS) is 38.1. The first-order valence-corrected chi connectivity index (χ1v) is 6.91. The van der Waals surface area contributed by atoms with Gasteiger partial charge in [-0.3, -0.25) is 0 Å². The molecule has 1 fully saturated rings. The maximum absolute atomic E-state index is 9.51. The minimum Gasteiger partial charge on any atom is -0.403 e. The lowest BCUT2D eigenvalue weighted by Crippen LogP contribution is -2.41. The van der Waals surface area contributed by atoms with Crippen LogP contribution in [-0.4, -0.2) is 30.0 Å². The summed E-state index contributed by atoms with van der Waals surface area (Å²) in [5.41, 5.74) is -0.579. The third-order valence-corrected chi connectivity index (χ3v) is 4.71. The topological polar surface area (TPSA) is 38.7 Å². The molecule has 18 heavy (non-hydrogen) atoms. The van der Waals surface area contributed by atoms with Gasteiger partial charge in [-0.15, -0.1) is 0 Å². The summed E-state index contributed by atoms with van der Waals surface area (Å²) in [4.78, 5) is 0. The standard InChI is InChI=1S/C14H25BO3/c1-10-6-7-11(9-16)12(8-10)15-17-13(2,3)14(4,5)18-15/h6-7,10-12,16H,8-9H2,1-5H3. The molecule has 0 amide bonds. The van der Waals surface area contributed by atoms with Gasteiger partial charge >= 0.3 is 7.12 Å². The lowest BCUT2D eigenvalue weighted by atomic mass is 9.59. The molecule has 3 unspecified atom stereocenters. The first-order valence-electron chi connectivity index (χ1n) is 6.91. The summed E-state index contributed by atoms with van der Waals surface area (Å²) in [6.07, 6.45) is 5.31. The van der Waals surface area contributed by atoms with E-state index in [-0.39, 0.29) is 36.7 Å². The summed E-state index contributed by atoms with van der Waals surface area (Å²) in [7, 11) is -0.209. The molecular formula is C14H25BO3. The van der Waals surface area contributed by atoms with Crippen molar-refractivity contribution < 1.29 is 14.4 Å². The number of hydrogen-bond acceptors (Lipinski definition) is 3. The van der Waals surface area contributed by atoms with Crippen molar-refractivity contribution in [1.29, 1.82) is 0 Å². The van der Waals surface area contributed by atoms with Crippen LogP contribution < -0.4 is 0 Å². The predicted molar refractivity (Wildman–Crippen MR) is 73.3 cm³/mol. The molecule has 1 saturated heterocycles. The molecule has 0 spiro atoms. The second kappa shape index (κ2) is 4.66. The average Bonchev–Trinajstić information content (AvgIpc) is 2.48. The van der Waals surface area contributed by atoms with E-state index in [1.807, 2.05) is 0 Å². The Balaban J connectivity index is 2.15. The Labute approximate surface area is 111 Å². The van der Waals surface area contributed by atoms with E-state index >= 15 is 0 Å². The summed E-state index contributed by atoms with van der Waals surface area (Å²) in [6.45, 7) is 10.7. The molecule has 102 valence electrons. The van der Waals surface area contributed by atoms with Crippen LogP contribution >= 0.6 is 0 Å². The highest BCUT2D eigenvalue weighted by Crippen LogP contribution is 2.45. The second-order valence-electron chi connectivity index (χ2n) is 6.73. The van der Waals surface area contributed by atoms with Gasteiger partial charge in [0.2, 0.25) is 0 Å². The summed E-state index contributed by atoms with van der Waals surface area (Å²) in [5, 5.41) is 9.51. The summed E-state index contributed by atoms with van der Waals surface area (Å²) in [5.74, 6) is 0.920. The molecule has 4 heteroatoms. The quantitative estimate of drug-likeness (QED) is 0.606. The maximum atomic E-state index is 9.51. The fourth-order valence-electron chi connectivity index (χ4n) is 2.73. The zero-order chi connectivity index (χ0) is 13.6. The third-order valence-electron chi connectivity index (χ3n) is 4.71. The molecule has 3 atom stereocenters. The van der Waals surface area contributed by atoms with Crippen LogP contribution in [0.2, 0.25) is 5.82 Å². The minimum atomic E-state index is -0.290. The molecule has 2 aliphatic rings. The zero-order valence-electron chi connectivity index (χ0n) is 12.1. The molecule has 0 aromatic carbocycles. The van der Waals surface area contributed by atoms with Crippen molar-refractivity contribution in [3.63, 3.8) is 0 Å². The fraction of sp³-hybridized carbons (Fsp3) is 0.857. The third kappa shape index (κ3) is 2.38. The van der Waals surface area contributed by atoms with Crippen molar-refractivity contribution in [1.82, 2.24) is 0 Å². The fourth-order valence-corrected chi connectivity index (χ4v) is 2.73. The highest BCUT2D eigenvalue weighted by molar-refractivity contribution is 6.47. The number of rotatable bonds is 2. The van der Waals surface area contributed by atoms with Crippen molar-refractivity contribution in [2.75, 3.05) is 6.61 Å². The van der Waals surface area contributed by atoms with Crippen LogP contribution in [0.15, 0.2) is 12.2 Å². The van der Waals surface area contributed by atoms with Crippen molar-refractivity contribution in [2.45, 2.75) is 58.1 Å². The van der Waals surface area contributed by atoms with Gasteiger partial charge in [0, 0.05) is 18.3 Å². The Morgan fingerprint density at radius 3 is 2.22 bits per heavy atom. The van der Waals surface area contributed by atoms with Crippen LogP contribution in [0.5, 0.6) is 0 Å². The Morgan fingerprint density at radius 2 is 1.72 bits per heavy atom. The van der Waals surface area contributed by atoms with Crippen LogP contribution in [0.1, 0.15) is 41.0 Å². The van der Waals surface area contributed by atoms with Crippen LogP contribution in [0.3, 0.4) is 0 Å². The van der Waals surface area contributed by atoms with E-state index in [1.165, 1.54) is 0 Å². The average molecular weight is 252 g/mol. The van der Waals surface area contributed by atoms with Gasteiger partial charge < -0.3 is 14.4 Å². The van der Waals surface area contributed by atoms with Gasteiger partial charge in [-0.2, -0.15) is 0 Å². The van der Waals surface area contributed by atoms with E-state index in [9.17, 15) is 5.11 Å². The number of aliphatic hydroxyl groups is 1. The van der Waals surface area contributed by atoms with E-state index in [0.29, 0.717) is 5.92 Å². The molecule has 1 heterocycles. The Bertz CT molecular complexity index is 322. The lowest BCUT2D eigenvalue weighted by Gasteiger charge is -2.32. The zero-order valence-corrected chi connectivity index (χ0v) is 12.1. The van der Waals surface area contributed by atoms with E-state index in [1.54, 1.807) is 0 Å². The maximum Gasteiger partial charge on any atom is 0.461 e. The monoisotopic (exact) mass is 252 g/mol. The predicted octanol–water partition coefficient (Wildman–Crippen LogP) is 2.65. The highest BCUT2D eigenvalue weighted by atomic mass is 16.7. The van der Waals surface area contributed by atoms with Crippen molar-refractivity contribution in [3.8, 4) is 0 Å².